The molecule has 0 bridgehead atoms. The highest BCUT2D eigenvalue weighted by Gasteiger charge is 2.19. The summed E-state index contributed by atoms with van der Waals surface area (Å²) in [5.41, 5.74) is 0.602. The number of aromatic nitrogens is 5. The number of rotatable bonds is 3. The normalized spacial score (nSPS) is 11.7. The third-order valence-electron chi connectivity index (χ3n) is 2.79. The summed E-state index contributed by atoms with van der Waals surface area (Å²) in [6, 6.07) is 4.50. The van der Waals surface area contributed by atoms with Crippen molar-refractivity contribution in [1.82, 2.24) is 24.0 Å². The van der Waals surface area contributed by atoms with Gasteiger partial charge in [-0.15, -0.1) is 9.19 Å². The Morgan fingerprint density at radius 3 is 2.52 bits per heavy atom. The van der Waals surface area contributed by atoms with E-state index in [1.54, 1.807) is 17.9 Å². The monoisotopic (exact) mass is 307 g/mol. The average Bonchev–Trinajstić information content (AvgIpc) is 3.08. The van der Waals surface area contributed by atoms with Crippen LogP contribution in [0.4, 0.5) is 4.39 Å². The minimum Gasteiger partial charge on any atom is -0.275 e. The van der Waals surface area contributed by atoms with Gasteiger partial charge in [0.05, 0.1) is 16.7 Å². The van der Waals surface area contributed by atoms with Crippen LogP contribution in [0.2, 0.25) is 0 Å². The van der Waals surface area contributed by atoms with Crippen molar-refractivity contribution < 1.29 is 12.8 Å². The van der Waals surface area contributed by atoms with Crippen LogP contribution in [0.5, 0.6) is 0 Å². The topological polar surface area (TPSA) is 82.7 Å². The van der Waals surface area contributed by atoms with Gasteiger partial charge in [-0.1, -0.05) is 0 Å². The van der Waals surface area contributed by atoms with Gasteiger partial charge >= 0.3 is 0 Å². The Morgan fingerprint density at radius 2 is 1.90 bits per heavy atom. The van der Waals surface area contributed by atoms with Crippen LogP contribution >= 0.6 is 0 Å². The summed E-state index contributed by atoms with van der Waals surface area (Å²) in [6.07, 6.45) is 4.30. The Balaban J connectivity index is 2.00. The summed E-state index contributed by atoms with van der Waals surface area (Å²) in [6.45, 7) is 0. The Labute approximate surface area is 119 Å². The highest BCUT2D eigenvalue weighted by Crippen LogP contribution is 2.16. The predicted octanol–water partition coefficient (Wildman–Crippen LogP) is 1.05. The van der Waals surface area contributed by atoms with E-state index in [0.29, 0.717) is 5.56 Å². The van der Waals surface area contributed by atoms with Gasteiger partial charge in [-0.2, -0.15) is 13.5 Å². The van der Waals surface area contributed by atoms with Gasteiger partial charge in [-0.05, 0) is 24.3 Å². The first-order valence-electron chi connectivity index (χ1n) is 5.88. The summed E-state index contributed by atoms with van der Waals surface area (Å²) in [5.74, 6) is -0.266. The second-order valence-electron chi connectivity index (χ2n) is 4.30. The van der Waals surface area contributed by atoms with E-state index in [1.165, 1.54) is 18.3 Å². The van der Waals surface area contributed by atoms with Crippen LogP contribution in [0.15, 0.2) is 47.9 Å². The van der Waals surface area contributed by atoms with Crippen LogP contribution in [0, 0.1) is 5.82 Å². The highest BCUT2D eigenvalue weighted by molar-refractivity contribution is 7.89. The second kappa shape index (κ2) is 4.77. The summed E-state index contributed by atoms with van der Waals surface area (Å²) >= 11 is 0. The fourth-order valence-electron chi connectivity index (χ4n) is 1.75. The molecule has 0 aliphatic rings. The maximum absolute atomic E-state index is 12.9. The molecule has 0 N–H and O–H groups in total. The molecule has 2 aromatic heterocycles. The molecule has 9 heteroatoms. The van der Waals surface area contributed by atoms with Crippen molar-refractivity contribution in [3.05, 3.63) is 48.8 Å². The zero-order chi connectivity index (χ0) is 15.0. The molecule has 0 atom stereocenters. The Kier molecular flexibility index (Phi) is 3.05. The molecular weight excluding hydrogens is 297 g/mol. The zero-order valence-electron chi connectivity index (χ0n) is 10.9. The van der Waals surface area contributed by atoms with E-state index in [-0.39, 0.29) is 10.7 Å². The van der Waals surface area contributed by atoms with Crippen molar-refractivity contribution >= 4 is 10.0 Å². The fraction of sp³-hybridized carbons (Fsp3) is 0.0833. The fourth-order valence-corrected chi connectivity index (χ4v) is 2.80. The van der Waals surface area contributed by atoms with E-state index in [9.17, 15) is 12.8 Å². The van der Waals surface area contributed by atoms with Crippen molar-refractivity contribution in [3.8, 4) is 11.4 Å². The average molecular weight is 307 g/mol. The van der Waals surface area contributed by atoms with E-state index in [2.05, 4.69) is 15.2 Å². The second-order valence-corrected chi connectivity index (χ2v) is 6.10. The van der Waals surface area contributed by atoms with Crippen molar-refractivity contribution in [3.63, 3.8) is 0 Å². The van der Waals surface area contributed by atoms with Gasteiger partial charge in [-0.3, -0.25) is 4.68 Å². The SMILES string of the molecule is Cn1cc(-c2ncn(S(=O)(=O)c3ccc(F)cc3)n2)cn1. The molecule has 0 spiro atoms. The summed E-state index contributed by atoms with van der Waals surface area (Å²) in [4.78, 5) is 3.89. The molecule has 0 saturated carbocycles. The standard InChI is InChI=1S/C12H10FN5O2S/c1-17-7-9(6-15-17)12-14-8-18(16-12)21(19,20)11-4-2-10(13)3-5-11/h2-8H,1H3. The minimum absolute atomic E-state index is 0.0634. The van der Waals surface area contributed by atoms with Crippen LogP contribution in [-0.4, -0.2) is 32.4 Å². The molecule has 3 rings (SSSR count). The van der Waals surface area contributed by atoms with Gasteiger partial charge in [0.15, 0.2) is 5.82 Å². The van der Waals surface area contributed by atoms with E-state index in [0.717, 1.165) is 22.5 Å². The molecule has 2 heterocycles. The molecule has 3 aromatic rings. The first kappa shape index (κ1) is 13.4. The van der Waals surface area contributed by atoms with Crippen LogP contribution in [0.25, 0.3) is 11.4 Å². The van der Waals surface area contributed by atoms with Crippen LogP contribution in [-0.2, 0) is 17.1 Å². The smallest absolute Gasteiger partial charge is 0.275 e. The van der Waals surface area contributed by atoms with Gasteiger partial charge in [0.1, 0.15) is 12.1 Å². The van der Waals surface area contributed by atoms with E-state index < -0.39 is 15.8 Å². The molecule has 0 saturated heterocycles. The molecule has 7 nitrogen and oxygen atoms in total. The third kappa shape index (κ3) is 2.42. The Morgan fingerprint density at radius 1 is 1.19 bits per heavy atom. The lowest BCUT2D eigenvalue weighted by Crippen LogP contribution is -2.13. The maximum Gasteiger partial charge on any atom is 0.284 e. The number of halogens is 1. The number of nitrogens with zero attached hydrogens (tertiary/aromatic N) is 5. The summed E-state index contributed by atoms with van der Waals surface area (Å²) in [7, 11) is -2.16. The number of benzene rings is 1. The largest absolute Gasteiger partial charge is 0.284 e. The van der Waals surface area contributed by atoms with Crippen LogP contribution < -0.4 is 0 Å². The van der Waals surface area contributed by atoms with E-state index in [1.807, 2.05) is 0 Å². The number of aryl methyl sites for hydroxylation is 1. The first-order valence-corrected chi connectivity index (χ1v) is 7.33. The maximum atomic E-state index is 12.9. The molecule has 21 heavy (non-hydrogen) atoms. The molecule has 0 unspecified atom stereocenters. The van der Waals surface area contributed by atoms with Gasteiger partial charge in [0.25, 0.3) is 10.0 Å². The molecule has 0 aliphatic carbocycles. The lowest BCUT2D eigenvalue weighted by atomic mass is 10.3. The van der Waals surface area contributed by atoms with Gasteiger partial charge in [0, 0.05) is 13.2 Å². The first-order chi connectivity index (χ1) is 9.96. The van der Waals surface area contributed by atoms with Crippen molar-refractivity contribution in [2.45, 2.75) is 4.90 Å². The quantitative estimate of drug-likeness (QED) is 0.722. The van der Waals surface area contributed by atoms with E-state index in [4.69, 9.17) is 0 Å². The van der Waals surface area contributed by atoms with E-state index >= 15 is 0 Å². The zero-order valence-corrected chi connectivity index (χ0v) is 11.7. The minimum atomic E-state index is -3.89. The Bertz CT molecular complexity index is 883. The van der Waals surface area contributed by atoms with Gasteiger partial charge in [0.2, 0.25) is 0 Å². The van der Waals surface area contributed by atoms with Crippen molar-refractivity contribution in [2.75, 3.05) is 0 Å². The molecule has 0 amide bonds. The van der Waals surface area contributed by atoms with Crippen LogP contribution in [0.3, 0.4) is 0 Å². The summed E-state index contributed by atoms with van der Waals surface area (Å²) in [5, 5.41) is 7.90. The van der Waals surface area contributed by atoms with Crippen molar-refractivity contribution in [2.24, 2.45) is 7.05 Å². The lowest BCUT2D eigenvalue weighted by molar-refractivity contribution is 0.579. The van der Waals surface area contributed by atoms with Crippen molar-refractivity contribution in [1.29, 1.82) is 0 Å². The third-order valence-corrected chi connectivity index (χ3v) is 4.33. The van der Waals surface area contributed by atoms with Gasteiger partial charge in [-0.25, -0.2) is 9.37 Å². The highest BCUT2D eigenvalue weighted by atomic mass is 32.2. The number of hydrogen-bond acceptors (Lipinski definition) is 5. The molecule has 1 aromatic carbocycles. The number of hydrogen-bond donors (Lipinski definition) is 0. The predicted molar refractivity (Wildman–Crippen MR) is 71.2 cm³/mol. The lowest BCUT2D eigenvalue weighted by Gasteiger charge is -2.02. The molecule has 0 radical (unpaired) electrons. The molecule has 0 aliphatic heterocycles. The van der Waals surface area contributed by atoms with Crippen LogP contribution in [0.1, 0.15) is 0 Å². The molecule has 108 valence electrons. The molecular formula is C12H10FN5O2S. The summed E-state index contributed by atoms with van der Waals surface area (Å²) < 4.78 is 39.8. The molecule has 0 fully saturated rings. The Hall–Kier alpha value is -2.55. The van der Waals surface area contributed by atoms with Gasteiger partial charge < -0.3 is 0 Å².